The van der Waals surface area contributed by atoms with Crippen molar-refractivity contribution < 1.29 is 4.42 Å². The molecule has 0 aliphatic rings. The molecule has 0 radical (unpaired) electrons. The molecule has 0 aliphatic heterocycles. The lowest BCUT2D eigenvalue weighted by Crippen LogP contribution is -2.19. The summed E-state index contributed by atoms with van der Waals surface area (Å²) < 4.78 is 4.92. The molecular weight excluding hydrogens is 212 g/mol. The zero-order valence-corrected chi connectivity index (χ0v) is 9.25. The second kappa shape index (κ2) is 4.02. The Morgan fingerprint density at radius 2 is 2.33 bits per heavy atom. The van der Waals surface area contributed by atoms with E-state index in [1.54, 1.807) is 6.07 Å². The van der Waals surface area contributed by atoms with Crippen LogP contribution in [-0.2, 0) is 0 Å². The molecule has 0 saturated carbocycles. The van der Waals surface area contributed by atoms with Crippen molar-refractivity contribution in [3.8, 4) is 0 Å². The van der Waals surface area contributed by atoms with Gasteiger partial charge in [0.15, 0.2) is 5.58 Å². The van der Waals surface area contributed by atoms with E-state index in [9.17, 15) is 4.79 Å². The first kappa shape index (κ1) is 10.2. The normalized spacial score (nSPS) is 10.8. The number of anilines is 1. The molecule has 0 saturated heterocycles. The Hall–Kier alpha value is -1.36. The number of aromatic nitrogens is 1. The van der Waals surface area contributed by atoms with Crippen LogP contribution in [0.25, 0.3) is 11.1 Å². The minimum atomic E-state index is -0.418. The van der Waals surface area contributed by atoms with Crippen molar-refractivity contribution in [2.24, 2.45) is 0 Å². The lowest BCUT2D eigenvalue weighted by molar-refractivity contribution is 0.555. The number of fused-ring (bicyclic) bond motifs is 1. The average molecular weight is 224 g/mol. The van der Waals surface area contributed by atoms with Crippen LogP contribution < -0.4 is 10.7 Å². The maximum atomic E-state index is 10.9. The van der Waals surface area contributed by atoms with Crippen LogP contribution in [0.5, 0.6) is 0 Å². The molecular formula is C10H12N2O2S. The van der Waals surface area contributed by atoms with Gasteiger partial charge >= 0.3 is 5.76 Å². The molecule has 1 aromatic carbocycles. The van der Waals surface area contributed by atoms with E-state index in [2.05, 4.69) is 22.5 Å². The average Bonchev–Trinajstić information content (AvgIpc) is 2.57. The van der Waals surface area contributed by atoms with Gasteiger partial charge in [-0.3, -0.25) is 4.98 Å². The third-order valence-electron chi connectivity index (χ3n) is 2.28. The minimum Gasteiger partial charge on any atom is -0.408 e. The van der Waals surface area contributed by atoms with Crippen molar-refractivity contribution >= 4 is 29.4 Å². The Bertz CT molecular complexity index is 517. The summed E-state index contributed by atoms with van der Waals surface area (Å²) in [6.07, 6.45) is 0. The molecule has 0 spiro atoms. The first-order valence-corrected chi connectivity index (χ1v) is 5.29. The SMILES string of the molecule is CN(CCS)c1ccc2oc(=O)[nH]c2c1. The van der Waals surface area contributed by atoms with Gasteiger partial charge in [0.25, 0.3) is 0 Å². The molecule has 1 N–H and O–H groups in total. The van der Waals surface area contributed by atoms with Crippen molar-refractivity contribution in [2.75, 3.05) is 24.2 Å². The van der Waals surface area contributed by atoms with Gasteiger partial charge in [0, 0.05) is 25.0 Å². The molecule has 0 amide bonds. The van der Waals surface area contributed by atoms with Gasteiger partial charge in [-0.1, -0.05) is 0 Å². The largest absolute Gasteiger partial charge is 0.417 e. The quantitative estimate of drug-likeness (QED) is 0.776. The fourth-order valence-electron chi connectivity index (χ4n) is 1.46. The van der Waals surface area contributed by atoms with E-state index in [0.717, 1.165) is 23.5 Å². The monoisotopic (exact) mass is 224 g/mol. The first-order chi connectivity index (χ1) is 7.20. The van der Waals surface area contributed by atoms with Gasteiger partial charge in [-0.15, -0.1) is 0 Å². The van der Waals surface area contributed by atoms with E-state index in [4.69, 9.17) is 4.42 Å². The molecule has 0 atom stereocenters. The number of thiol groups is 1. The second-order valence-corrected chi connectivity index (χ2v) is 3.79. The van der Waals surface area contributed by atoms with Crippen LogP contribution in [0.3, 0.4) is 0 Å². The highest BCUT2D eigenvalue weighted by atomic mass is 32.1. The molecule has 2 rings (SSSR count). The molecule has 0 fully saturated rings. The van der Waals surface area contributed by atoms with Crippen LogP contribution in [0.2, 0.25) is 0 Å². The Morgan fingerprint density at radius 3 is 3.07 bits per heavy atom. The number of aromatic amines is 1. The van der Waals surface area contributed by atoms with Gasteiger partial charge in [0.2, 0.25) is 0 Å². The molecule has 80 valence electrons. The van der Waals surface area contributed by atoms with Gasteiger partial charge in [-0.25, -0.2) is 4.79 Å². The highest BCUT2D eigenvalue weighted by molar-refractivity contribution is 7.80. The Kier molecular flexibility index (Phi) is 2.73. The van der Waals surface area contributed by atoms with Crippen molar-refractivity contribution in [3.63, 3.8) is 0 Å². The summed E-state index contributed by atoms with van der Waals surface area (Å²) in [5.41, 5.74) is 2.35. The third kappa shape index (κ3) is 2.02. The maximum Gasteiger partial charge on any atom is 0.417 e. The molecule has 1 heterocycles. The lowest BCUT2D eigenvalue weighted by Gasteiger charge is -2.17. The van der Waals surface area contributed by atoms with Gasteiger partial charge in [0.1, 0.15) is 0 Å². The van der Waals surface area contributed by atoms with E-state index in [-0.39, 0.29) is 0 Å². The number of hydrogen-bond donors (Lipinski definition) is 2. The van der Waals surface area contributed by atoms with E-state index >= 15 is 0 Å². The number of oxazole rings is 1. The standard InChI is InChI=1S/C10H12N2O2S/c1-12(4-5-15)7-2-3-9-8(6-7)11-10(13)14-9/h2-3,6,15H,4-5H2,1H3,(H,11,13). The molecule has 1 aromatic heterocycles. The van der Waals surface area contributed by atoms with E-state index in [1.807, 2.05) is 19.2 Å². The van der Waals surface area contributed by atoms with E-state index < -0.39 is 5.76 Å². The number of benzene rings is 1. The third-order valence-corrected chi connectivity index (χ3v) is 2.48. The summed E-state index contributed by atoms with van der Waals surface area (Å²) in [7, 11) is 1.98. The fraction of sp³-hybridized carbons (Fsp3) is 0.300. The van der Waals surface area contributed by atoms with Crippen molar-refractivity contribution in [3.05, 3.63) is 28.7 Å². The van der Waals surface area contributed by atoms with Crippen LogP contribution in [0.15, 0.2) is 27.4 Å². The predicted molar refractivity (Wildman–Crippen MR) is 64.0 cm³/mol. The second-order valence-electron chi connectivity index (χ2n) is 3.34. The van der Waals surface area contributed by atoms with Crippen molar-refractivity contribution in [2.45, 2.75) is 0 Å². The number of nitrogens with zero attached hydrogens (tertiary/aromatic N) is 1. The number of hydrogen-bond acceptors (Lipinski definition) is 4. The van der Waals surface area contributed by atoms with Crippen LogP contribution in [0.4, 0.5) is 5.69 Å². The molecule has 0 bridgehead atoms. The van der Waals surface area contributed by atoms with Gasteiger partial charge < -0.3 is 9.32 Å². The Labute approximate surface area is 92.3 Å². The van der Waals surface area contributed by atoms with Crippen LogP contribution in [-0.4, -0.2) is 24.3 Å². The maximum absolute atomic E-state index is 10.9. The topological polar surface area (TPSA) is 49.2 Å². The summed E-state index contributed by atoms with van der Waals surface area (Å²) in [6, 6.07) is 5.60. The first-order valence-electron chi connectivity index (χ1n) is 4.65. The summed E-state index contributed by atoms with van der Waals surface area (Å²) in [5.74, 6) is 0.371. The highest BCUT2D eigenvalue weighted by Crippen LogP contribution is 2.18. The number of nitrogens with one attached hydrogen (secondary N) is 1. The van der Waals surface area contributed by atoms with Crippen molar-refractivity contribution in [1.29, 1.82) is 0 Å². The summed E-state index contributed by atoms with van der Waals surface area (Å²) in [6.45, 7) is 0.858. The molecule has 0 unspecified atom stereocenters. The minimum absolute atomic E-state index is 0.418. The summed E-state index contributed by atoms with van der Waals surface area (Å²) in [5, 5.41) is 0. The number of H-pyrrole nitrogens is 1. The number of rotatable bonds is 3. The zero-order chi connectivity index (χ0) is 10.8. The van der Waals surface area contributed by atoms with E-state index in [0.29, 0.717) is 5.58 Å². The summed E-state index contributed by atoms with van der Waals surface area (Å²) in [4.78, 5) is 15.6. The Morgan fingerprint density at radius 1 is 1.53 bits per heavy atom. The van der Waals surface area contributed by atoms with Crippen molar-refractivity contribution in [1.82, 2.24) is 4.98 Å². The Balaban J connectivity index is 2.41. The van der Waals surface area contributed by atoms with Gasteiger partial charge in [0.05, 0.1) is 5.52 Å². The summed E-state index contributed by atoms with van der Waals surface area (Å²) >= 11 is 4.17. The fourth-order valence-corrected chi connectivity index (χ4v) is 1.76. The van der Waals surface area contributed by atoms with Gasteiger partial charge in [-0.2, -0.15) is 12.6 Å². The highest BCUT2D eigenvalue weighted by Gasteiger charge is 2.04. The smallest absolute Gasteiger partial charge is 0.408 e. The molecule has 2 aromatic rings. The molecule has 4 nitrogen and oxygen atoms in total. The van der Waals surface area contributed by atoms with Crippen LogP contribution in [0, 0.1) is 0 Å². The zero-order valence-electron chi connectivity index (χ0n) is 8.36. The van der Waals surface area contributed by atoms with E-state index in [1.165, 1.54) is 0 Å². The molecule has 0 aliphatic carbocycles. The van der Waals surface area contributed by atoms with Gasteiger partial charge in [-0.05, 0) is 18.2 Å². The predicted octanol–water partition coefficient (Wildman–Crippen LogP) is 1.49. The van der Waals surface area contributed by atoms with Crippen LogP contribution in [0.1, 0.15) is 0 Å². The lowest BCUT2D eigenvalue weighted by atomic mass is 10.2. The van der Waals surface area contributed by atoms with Crippen LogP contribution >= 0.6 is 12.6 Å². The molecule has 5 heteroatoms. The molecule has 15 heavy (non-hydrogen) atoms.